The van der Waals surface area contributed by atoms with E-state index in [0.717, 1.165) is 26.1 Å². The van der Waals surface area contributed by atoms with Gasteiger partial charge in [0.05, 0.1) is 0 Å². The van der Waals surface area contributed by atoms with Crippen molar-refractivity contribution in [2.45, 2.75) is 54.4 Å². The normalized spacial score (nSPS) is 7.09. The van der Waals surface area contributed by atoms with Crippen LogP contribution in [-0.2, 0) is 4.74 Å². The van der Waals surface area contributed by atoms with E-state index in [9.17, 15) is 0 Å². The molecule has 0 aromatic carbocycles. The first-order valence-electron chi connectivity index (χ1n) is 4.99. The molecule has 0 aliphatic heterocycles. The zero-order valence-corrected chi connectivity index (χ0v) is 9.24. The van der Waals surface area contributed by atoms with E-state index >= 15 is 0 Å². The second-order valence-electron chi connectivity index (χ2n) is 1.61. The molecule has 0 aromatic rings. The number of rotatable bonds is 4. The lowest BCUT2D eigenvalue weighted by atomic mass is 10.5. The lowest BCUT2D eigenvalue weighted by Crippen LogP contribution is -1.92. The molecule has 0 N–H and O–H groups in total. The Morgan fingerprint density at radius 2 is 1.00 bits per heavy atom. The van der Waals surface area contributed by atoms with Crippen molar-refractivity contribution in [3.63, 3.8) is 0 Å². The average molecular weight is 162 g/mol. The van der Waals surface area contributed by atoms with E-state index in [4.69, 9.17) is 4.74 Å². The van der Waals surface area contributed by atoms with E-state index in [2.05, 4.69) is 13.8 Å². The van der Waals surface area contributed by atoms with E-state index < -0.39 is 0 Å². The van der Waals surface area contributed by atoms with Crippen LogP contribution in [0.5, 0.6) is 0 Å². The minimum Gasteiger partial charge on any atom is -0.381 e. The third kappa shape index (κ3) is 40.2. The fourth-order valence-corrected chi connectivity index (χ4v) is 0.391. The van der Waals surface area contributed by atoms with Crippen LogP contribution < -0.4 is 0 Å². The molecule has 0 aromatic heterocycles. The van der Waals surface area contributed by atoms with Crippen molar-refractivity contribution < 1.29 is 4.74 Å². The highest BCUT2D eigenvalue weighted by Crippen LogP contribution is 1.81. The molecule has 0 radical (unpaired) electrons. The van der Waals surface area contributed by atoms with Crippen molar-refractivity contribution in [1.29, 1.82) is 0 Å². The summed E-state index contributed by atoms with van der Waals surface area (Å²) >= 11 is 0. The Bertz CT molecular complexity index is 24.1. The van der Waals surface area contributed by atoms with Gasteiger partial charge in [-0.15, -0.1) is 0 Å². The summed E-state index contributed by atoms with van der Waals surface area (Å²) < 4.78 is 5.13. The van der Waals surface area contributed by atoms with E-state index in [-0.39, 0.29) is 0 Å². The molecule has 0 atom stereocenters. The quantitative estimate of drug-likeness (QED) is 0.570. The molecule has 0 amide bonds. The summed E-state index contributed by atoms with van der Waals surface area (Å²) in [7, 11) is 0. The second kappa shape index (κ2) is 32.5. The lowest BCUT2D eigenvalue weighted by Gasteiger charge is -1.95. The van der Waals surface area contributed by atoms with Gasteiger partial charge in [0.15, 0.2) is 0 Å². The largest absolute Gasteiger partial charge is 0.381 e. The Labute approximate surface area is 73.1 Å². The van der Waals surface area contributed by atoms with Gasteiger partial charge in [0.1, 0.15) is 0 Å². The van der Waals surface area contributed by atoms with Gasteiger partial charge in [-0.05, 0) is 12.8 Å². The fraction of sp³-hybridized carbons (Fsp3) is 1.00. The predicted molar refractivity (Wildman–Crippen MR) is 54.1 cm³/mol. The molecule has 0 aliphatic carbocycles. The Kier molecular flexibility index (Phi) is 50.7. The molecule has 0 spiro atoms. The van der Waals surface area contributed by atoms with E-state index in [1.807, 2.05) is 27.7 Å². The smallest absolute Gasteiger partial charge is 0.0463 e. The van der Waals surface area contributed by atoms with Gasteiger partial charge in [-0.1, -0.05) is 41.5 Å². The van der Waals surface area contributed by atoms with Gasteiger partial charge in [-0.3, -0.25) is 0 Å². The van der Waals surface area contributed by atoms with Gasteiger partial charge in [0, 0.05) is 13.2 Å². The fourth-order valence-electron chi connectivity index (χ4n) is 0.391. The summed E-state index contributed by atoms with van der Waals surface area (Å²) in [5.74, 6) is 0. The Morgan fingerprint density at radius 3 is 1.18 bits per heavy atom. The molecule has 0 fully saturated rings. The van der Waals surface area contributed by atoms with E-state index in [0.29, 0.717) is 0 Å². The predicted octanol–water partition coefficient (Wildman–Crippen LogP) is 3.88. The maximum Gasteiger partial charge on any atom is 0.0463 e. The Balaban J connectivity index is -0.000000138. The van der Waals surface area contributed by atoms with Crippen LogP contribution in [0, 0.1) is 0 Å². The van der Waals surface area contributed by atoms with Crippen LogP contribution >= 0.6 is 0 Å². The van der Waals surface area contributed by atoms with Gasteiger partial charge in [0.25, 0.3) is 0 Å². The number of hydrogen-bond donors (Lipinski definition) is 0. The van der Waals surface area contributed by atoms with Crippen molar-refractivity contribution in [3.05, 3.63) is 0 Å². The summed E-state index contributed by atoms with van der Waals surface area (Å²) in [6.07, 6.45) is 2.28. The molecule has 1 nitrogen and oxygen atoms in total. The SMILES string of the molecule is CC.CC.CCCOCCC. The molecule has 0 bridgehead atoms. The van der Waals surface area contributed by atoms with Crippen molar-refractivity contribution in [1.82, 2.24) is 0 Å². The van der Waals surface area contributed by atoms with Crippen LogP contribution in [0.2, 0.25) is 0 Å². The van der Waals surface area contributed by atoms with E-state index in [1.54, 1.807) is 0 Å². The lowest BCUT2D eigenvalue weighted by molar-refractivity contribution is 0.135. The van der Waals surface area contributed by atoms with E-state index in [1.165, 1.54) is 0 Å². The highest BCUT2D eigenvalue weighted by atomic mass is 16.5. The molecule has 0 saturated heterocycles. The van der Waals surface area contributed by atoms with Gasteiger partial charge in [-0.25, -0.2) is 0 Å². The molecular weight excluding hydrogens is 136 g/mol. The summed E-state index contributed by atoms with van der Waals surface area (Å²) in [5, 5.41) is 0. The van der Waals surface area contributed by atoms with Crippen LogP contribution in [-0.4, -0.2) is 13.2 Å². The summed E-state index contributed by atoms with van der Waals surface area (Å²) in [4.78, 5) is 0. The maximum atomic E-state index is 5.13. The zero-order valence-electron chi connectivity index (χ0n) is 9.24. The summed E-state index contributed by atoms with van der Waals surface area (Å²) in [6, 6.07) is 0. The van der Waals surface area contributed by atoms with Crippen molar-refractivity contribution in [2.24, 2.45) is 0 Å². The topological polar surface area (TPSA) is 9.23 Å². The van der Waals surface area contributed by atoms with Crippen LogP contribution in [0.3, 0.4) is 0 Å². The zero-order chi connectivity index (χ0) is 9.54. The average Bonchev–Trinajstić information content (AvgIpc) is 2.13. The minimum atomic E-state index is 0.924. The number of hydrogen-bond acceptors (Lipinski definition) is 1. The maximum absolute atomic E-state index is 5.13. The minimum absolute atomic E-state index is 0.924. The van der Waals surface area contributed by atoms with Crippen LogP contribution in [0.25, 0.3) is 0 Å². The summed E-state index contributed by atoms with van der Waals surface area (Å²) in [6.45, 7) is 14.1. The molecule has 1 heteroatoms. The first-order chi connectivity index (χ1) is 5.41. The summed E-state index contributed by atoms with van der Waals surface area (Å²) in [5.41, 5.74) is 0. The molecule has 0 aliphatic rings. The van der Waals surface area contributed by atoms with Gasteiger partial charge in [-0.2, -0.15) is 0 Å². The highest BCUT2D eigenvalue weighted by Gasteiger charge is 1.77. The molecule has 11 heavy (non-hydrogen) atoms. The molecule has 0 heterocycles. The first kappa shape index (κ1) is 17.2. The van der Waals surface area contributed by atoms with Crippen LogP contribution in [0.4, 0.5) is 0 Å². The van der Waals surface area contributed by atoms with Crippen molar-refractivity contribution in [3.8, 4) is 0 Å². The molecule has 72 valence electrons. The van der Waals surface area contributed by atoms with Crippen molar-refractivity contribution >= 4 is 0 Å². The number of ether oxygens (including phenoxy) is 1. The molecule has 0 rings (SSSR count). The molecule has 0 saturated carbocycles. The van der Waals surface area contributed by atoms with Gasteiger partial charge < -0.3 is 4.74 Å². The second-order valence-corrected chi connectivity index (χ2v) is 1.61. The monoisotopic (exact) mass is 162 g/mol. The van der Waals surface area contributed by atoms with Crippen LogP contribution in [0.1, 0.15) is 54.4 Å². The van der Waals surface area contributed by atoms with Gasteiger partial charge >= 0.3 is 0 Å². The third-order valence-corrected chi connectivity index (χ3v) is 0.697. The first-order valence-corrected chi connectivity index (χ1v) is 4.99. The third-order valence-electron chi connectivity index (χ3n) is 0.697. The van der Waals surface area contributed by atoms with Crippen molar-refractivity contribution in [2.75, 3.05) is 13.2 Å². The highest BCUT2D eigenvalue weighted by molar-refractivity contribution is 4.25. The van der Waals surface area contributed by atoms with Gasteiger partial charge in [0.2, 0.25) is 0 Å². The van der Waals surface area contributed by atoms with Crippen LogP contribution in [0.15, 0.2) is 0 Å². The Hall–Kier alpha value is -0.0400. The molecular formula is C10H26O. The Morgan fingerprint density at radius 1 is 0.727 bits per heavy atom. The standard InChI is InChI=1S/C6H14O.2C2H6/c1-3-5-7-6-4-2;2*1-2/h3-6H2,1-2H3;2*1-2H3. The molecule has 0 unspecified atom stereocenters.